The number of aliphatic hydroxyl groups is 1. The minimum absolute atomic E-state index is 0.356. The van der Waals surface area contributed by atoms with E-state index in [1.165, 1.54) is 6.33 Å². The molecule has 1 saturated heterocycles. The summed E-state index contributed by atoms with van der Waals surface area (Å²) >= 11 is 5.95. The third-order valence-corrected chi connectivity index (χ3v) is 3.35. The third-order valence-electron chi connectivity index (χ3n) is 3.06. The Kier molecular flexibility index (Phi) is 4.21. The largest absolute Gasteiger partial charge is 0.388 e. The molecule has 0 spiro atoms. The standard InChI is InChI=1S/C11H17ClN4O2/c1-13-8-9(12)15-7-16-10(8)14-6-11(17)2-4-18-5-3-11/h7,13,17H,2-6H2,1H3,(H,14,15,16). The van der Waals surface area contributed by atoms with Gasteiger partial charge in [0.2, 0.25) is 0 Å². The van der Waals surface area contributed by atoms with Crippen molar-refractivity contribution in [2.75, 3.05) is 37.4 Å². The summed E-state index contributed by atoms with van der Waals surface area (Å²) in [5.41, 5.74) is -0.115. The second-order valence-corrected chi connectivity index (χ2v) is 4.69. The third kappa shape index (κ3) is 3.01. The summed E-state index contributed by atoms with van der Waals surface area (Å²) in [4.78, 5) is 8.01. The van der Waals surface area contributed by atoms with E-state index in [1.54, 1.807) is 7.05 Å². The summed E-state index contributed by atoms with van der Waals surface area (Å²) in [7, 11) is 1.75. The van der Waals surface area contributed by atoms with Gasteiger partial charge in [0, 0.05) is 39.6 Å². The molecule has 2 heterocycles. The minimum Gasteiger partial charge on any atom is -0.388 e. The van der Waals surface area contributed by atoms with Gasteiger partial charge in [-0.1, -0.05) is 11.6 Å². The van der Waals surface area contributed by atoms with Crippen molar-refractivity contribution in [3.05, 3.63) is 11.5 Å². The van der Waals surface area contributed by atoms with Gasteiger partial charge in [-0.05, 0) is 0 Å². The molecule has 100 valence electrons. The lowest BCUT2D eigenvalue weighted by Gasteiger charge is -2.32. The van der Waals surface area contributed by atoms with E-state index in [1.807, 2.05) is 0 Å². The van der Waals surface area contributed by atoms with E-state index >= 15 is 0 Å². The van der Waals surface area contributed by atoms with E-state index in [9.17, 15) is 5.11 Å². The Balaban J connectivity index is 2.03. The Morgan fingerprint density at radius 2 is 2.17 bits per heavy atom. The molecule has 0 radical (unpaired) electrons. The smallest absolute Gasteiger partial charge is 0.157 e. The first-order valence-corrected chi connectivity index (χ1v) is 6.25. The zero-order valence-electron chi connectivity index (χ0n) is 10.2. The molecule has 1 aromatic heterocycles. The monoisotopic (exact) mass is 272 g/mol. The van der Waals surface area contributed by atoms with Gasteiger partial charge >= 0.3 is 0 Å². The van der Waals surface area contributed by atoms with Crippen LogP contribution in [0.5, 0.6) is 0 Å². The molecular formula is C11H17ClN4O2. The highest BCUT2D eigenvalue weighted by Gasteiger charge is 2.29. The fourth-order valence-corrected chi connectivity index (χ4v) is 2.12. The predicted octanol–water partition coefficient (Wildman–Crippen LogP) is 1.13. The second-order valence-electron chi connectivity index (χ2n) is 4.33. The number of nitrogens with zero attached hydrogens (tertiary/aromatic N) is 2. The fraction of sp³-hybridized carbons (Fsp3) is 0.636. The van der Waals surface area contributed by atoms with Gasteiger partial charge < -0.3 is 20.5 Å². The molecule has 2 rings (SSSR count). The molecule has 0 atom stereocenters. The average Bonchev–Trinajstić information content (AvgIpc) is 2.37. The fourth-order valence-electron chi connectivity index (χ4n) is 1.90. The maximum atomic E-state index is 10.3. The van der Waals surface area contributed by atoms with Crippen LogP contribution in [0.25, 0.3) is 0 Å². The first kappa shape index (κ1) is 13.3. The lowest BCUT2D eigenvalue weighted by Crippen LogP contribution is -2.42. The number of ether oxygens (including phenoxy) is 1. The van der Waals surface area contributed by atoms with Gasteiger partial charge in [0.05, 0.1) is 5.60 Å². The molecule has 0 unspecified atom stereocenters. The quantitative estimate of drug-likeness (QED) is 0.713. The van der Waals surface area contributed by atoms with E-state index in [-0.39, 0.29) is 0 Å². The minimum atomic E-state index is -0.749. The van der Waals surface area contributed by atoms with Crippen LogP contribution >= 0.6 is 11.6 Å². The number of nitrogens with one attached hydrogen (secondary N) is 2. The first-order chi connectivity index (χ1) is 8.64. The van der Waals surface area contributed by atoms with Crippen molar-refractivity contribution in [1.82, 2.24) is 9.97 Å². The molecule has 1 aromatic rings. The van der Waals surface area contributed by atoms with Gasteiger partial charge in [-0.3, -0.25) is 0 Å². The van der Waals surface area contributed by atoms with Crippen LogP contribution in [0.1, 0.15) is 12.8 Å². The molecule has 0 aliphatic carbocycles. The average molecular weight is 273 g/mol. The van der Waals surface area contributed by atoms with Crippen molar-refractivity contribution in [1.29, 1.82) is 0 Å². The summed E-state index contributed by atoms with van der Waals surface area (Å²) in [6, 6.07) is 0. The van der Waals surface area contributed by atoms with Crippen molar-refractivity contribution in [3.8, 4) is 0 Å². The lowest BCUT2D eigenvalue weighted by molar-refractivity contribution is -0.0543. The molecular weight excluding hydrogens is 256 g/mol. The highest BCUT2D eigenvalue weighted by molar-refractivity contribution is 6.32. The van der Waals surface area contributed by atoms with E-state index in [0.717, 1.165) is 0 Å². The Morgan fingerprint density at radius 1 is 1.44 bits per heavy atom. The molecule has 18 heavy (non-hydrogen) atoms. The number of hydrogen-bond acceptors (Lipinski definition) is 6. The molecule has 1 aliphatic rings. The summed E-state index contributed by atoms with van der Waals surface area (Å²) in [6.45, 7) is 1.58. The van der Waals surface area contributed by atoms with Crippen molar-refractivity contribution in [3.63, 3.8) is 0 Å². The van der Waals surface area contributed by atoms with Gasteiger partial charge in [-0.25, -0.2) is 9.97 Å². The van der Waals surface area contributed by atoms with Crippen molar-refractivity contribution in [2.45, 2.75) is 18.4 Å². The van der Waals surface area contributed by atoms with Gasteiger partial charge in [0.1, 0.15) is 12.0 Å². The molecule has 1 fully saturated rings. The van der Waals surface area contributed by atoms with Gasteiger partial charge in [-0.2, -0.15) is 0 Å². The number of hydrogen-bond donors (Lipinski definition) is 3. The van der Waals surface area contributed by atoms with E-state index in [4.69, 9.17) is 16.3 Å². The number of halogens is 1. The maximum absolute atomic E-state index is 10.3. The number of anilines is 2. The highest BCUT2D eigenvalue weighted by atomic mass is 35.5. The Hall–Kier alpha value is -1.11. The van der Waals surface area contributed by atoms with Crippen LogP contribution in [0.3, 0.4) is 0 Å². The van der Waals surface area contributed by atoms with Crippen LogP contribution in [0.2, 0.25) is 5.15 Å². The molecule has 1 aliphatic heterocycles. The van der Waals surface area contributed by atoms with Crippen LogP contribution in [0, 0.1) is 0 Å². The Bertz CT molecular complexity index is 410. The molecule has 0 amide bonds. The molecule has 3 N–H and O–H groups in total. The van der Waals surface area contributed by atoms with Crippen LogP contribution < -0.4 is 10.6 Å². The molecule has 0 aromatic carbocycles. The highest BCUT2D eigenvalue weighted by Crippen LogP contribution is 2.27. The van der Waals surface area contributed by atoms with Crippen LogP contribution in [-0.4, -0.2) is 47.5 Å². The molecule has 0 saturated carbocycles. The van der Waals surface area contributed by atoms with Crippen LogP contribution in [-0.2, 0) is 4.74 Å². The maximum Gasteiger partial charge on any atom is 0.157 e. The van der Waals surface area contributed by atoms with Gasteiger partial charge in [-0.15, -0.1) is 0 Å². The number of aromatic nitrogens is 2. The molecule has 0 bridgehead atoms. The summed E-state index contributed by atoms with van der Waals surface area (Å²) in [6.07, 6.45) is 2.63. The molecule has 7 heteroatoms. The van der Waals surface area contributed by atoms with E-state index in [2.05, 4.69) is 20.6 Å². The summed E-state index contributed by atoms with van der Waals surface area (Å²) < 4.78 is 5.23. The summed E-state index contributed by atoms with van der Waals surface area (Å²) in [5.74, 6) is 0.595. The lowest BCUT2D eigenvalue weighted by atomic mass is 9.94. The van der Waals surface area contributed by atoms with E-state index < -0.39 is 5.60 Å². The first-order valence-electron chi connectivity index (χ1n) is 5.87. The summed E-state index contributed by atoms with van der Waals surface area (Å²) in [5, 5.41) is 16.7. The zero-order valence-corrected chi connectivity index (χ0v) is 11.0. The molecule has 6 nitrogen and oxygen atoms in total. The van der Waals surface area contributed by atoms with Gasteiger partial charge in [0.15, 0.2) is 11.0 Å². The predicted molar refractivity (Wildman–Crippen MR) is 70.1 cm³/mol. The van der Waals surface area contributed by atoms with E-state index in [0.29, 0.717) is 49.3 Å². The van der Waals surface area contributed by atoms with Crippen LogP contribution in [0.4, 0.5) is 11.5 Å². The van der Waals surface area contributed by atoms with Crippen molar-refractivity contribution in [2.24, 2.45) is 0 Å². The number of rotatable bonds is 4. The topological polar surface area (TPSA) is 79.3 Å². The Morgan fingerprint density at radius 3 is 2.83 bits per heavy atom. The van der Waals surface area contributed by atoms with Crippen molar-refractivity contribution >= 4 is 23.1 Å². The van der Waals surface area contributed by atoms with Crippen molar-refractivity contribution < 1.29 is 9.84 Å². The second kappa shape index (κ2) is 5.69. The Labute approximate surface area is 111 Å². The van der Waals surface area contributed by atoms with Crippen LogP contribution in [0.15, 0.2) is 6.33 Å². The SMILES string of the molecule is CNc1c(Cl)ncnc1NCC1(O)CCOCC1. The van der Waals surface area contributed by atoms with Gasteiger partial charge in [0.25, 0.3) is 0 Å². The zero-order chi connectivity index (χ0) is 13.0. The normalized spacial score (nSPS) is 18.4.